The SMILES string of the molecule is CN(CN(C)/N=C/c1ccccc1Cl)/N=C\c1ccccc1Cl. The molecule has 0 unspecified atom stereocenters. The first-order valence-electron chi connectivity index (χ1n) is 7.05. The van der Waals surface area contributed by atoms with E-state index < -0.39 is 0 Å². The van der Waals surface area contributed by atoms with Crippen LogP contribution in [0.4, 0.5) is 0 Å². The molecule has 2 aromatic rings. The van der Waals surface area contributed by atoms with Crippen molar-refractivity contribution in [3.63, 3.8) is 0 Å². The number of rotatable bonds is 6. The van der Waals surface area contributed by atoms with Crippen molar-refractivity contribution in [3.05, 3.63) is 69.7 Å². The van der Waals surface area contributed by atoms with E-state index >= 15 is 0 Å². The summed E-state index contributed by atoms with van der Waals surface area (Å²) < 4.78 is 0. The fraction of sp³-hybridized carbons (Fsp3) is 0.176. The molecule has 6 heteroatoms. The predicted molar refractivity (Wildman–Crippen MR) is 98.5 cm³/mol. The number of hydrogen-bond donors (Lipinski definition) is 0. The van der Waals surface area contributed by atoms with Gasteiger partial charge in [-0.25, -0.2) is 0 Å². The summed E-state index contributed by atoms with van der Waals surface area (Å²) in [5.41, 5.74) is 1.76. The predicted octanol–water partition coefficient (Wildman–Crippen LogP) is 4.18. The normalized spacial score (nSPS) is 11.3. The lowest BCUT2D eigenvalue weighted by atomic mass is 10.2. The maximum absolute atomic E-state index is 6.09. The molecule has 0 aliphatic heterocycles. The summed E-state index contributed by atoms with van der Waals surface area (Å²) in [7, 11) is 3.74. The van der Waals surface area contributed by atoms with Gasteiger partial charge in [-0.15, -0.1) is 0 Å². The molecule has 0 bridgehead atoms. The molecule has 0 aliphatic carbocycles. The van der Waals surface area contributed by atoms with Crippen molar-refractivity contribution in [1.82, 2.24) is 10.0 Å². The highest BCUT2D eigenvalue weighted by molar-refractivity contribution is 6.33. The van der Waals surface area contributed by atoms with Gasteiger partial charge in [-0.2, -0.15) is 10.2 Å². The van der Waals surface area contributed by atoms with E-state index in [4.69, 9.17) is 23.2 Å². The van der Waals surface area contributed by atoms with Gasteiger partial charge in [0.2, 0.25) is 0 Å². The van der Waals surface area contributed by atoms with Crippen molar-refractivity contribution in [2.75, 3.05) is 20.8 Å². The Bertz CT molecular complexity index is 641. The summed E-state index contributed by atoms with van der Waals surface area (Å²) in [5.74, 6) is 0. The van der Waals surface area contributed by atoms with Gasteiger partial charge in [-0.1, -0.05) is 59.6 Å². The monoisotopic (exact) mass is 348 g/mol. The first-order chi connectivity index (χ1) is 11.1. The average Bonchev–Trinajstić information content (AvgIpc) is 2.53. The molecule has 0 N–H and O–H groups in total. The first kappa shape index (κ1) is 17.3. The zero-order valence-electron chi connectivity index (χ0n) is 13.0. The van der Waals surface area contributed by atoms with Gasteiger partial charge in [-0.3, -0.25) is 10.0 Å². The van der Waals surface area contributed by atoms with Crippen LogP contribution >= 0.6 is 23.2 Å². The summed E-state index contributed by atoms with van der Waals surface area (Å²) in [5, 5.41) is 13.6. The van der Waals surface area contributed by atoms with Crippen LogP contribution in [0.25, 0.3) is 0 Å². The largest absolute Gasteiger partial charge is 0.279 e. The van der Waals surface area contributed by atoms with E-state index in [0.717, 1.165) is 11.1 Å². The molecule has 0 heterocycles. The molecule has 2 rings (SSSR count). The van der Waals surface area contributed by atoms with E-state index in [1.807, 2.05) is 62.6 Å². The summed E-state index contributed by atoms with van der Waals surface area (Å²) in [6, 6.07) is 15.1. The minimum absolute atomic E-state index is 0.530. The fourth-order valence-corrected chi connectivity index (χ4v) is 2.22. The molecule has 0 aliphatic rings. The lowest BCUT2D eigenvalue weighted by molar-refractivity contribution is 0.196. The zero-order valence-corrected chi connectivity index (χ0v) is 14.5. The lowest BCUT2D eigenvalue weighted by Gasteiger charge is -2.19. The van der Waals surface area contributed by atoms with Crippen molar-refractivity contribution >= 4 is 35.6 Å². The molecule has 23 heavy (non-hydrogen) atoms. The van der Waals surface area contributed by atoms with Crippen molar-refractivity contribution in [3.8, 4) is 0 Å². The number of hydrogen-bond acceptors (Lipinski definition) is 4. The van der Waals surface area contributed by atoms with Crippen LogP contribution in [0.1, 0.15) is 11.1 Å². The van der Waals surface area contributed by atoms with Gasteiger partial charge in [0.25, 0.3) is 0 Å². The van der Waals surface area contributed by atoms with Gasteiger partial charge >= 0.3 is 0 Å². The van der Waals surface area contributed by atoms with Gasteiger partial charge in [-0.05, 0) is 12.1 Å². The quantitative estimate of drug-likeness (QED) is 0.445. The second-order valence-electron chi connectivity index (χ2n) is 4.99. The Morgan fingerprint density at radius 3 is 1.57 bits per heavy atom. The number of nitrogens with zero attached hydrogens (tertiary/aromatic N) is 4. The third-order valence-electron chi connectivity index (χ3n) is 3.01. The molecule has 4 nitrogen and oxygen atoms in total. The Kier molecular flexibility index (Phi) is 6.44. The van der Waals surface area contributed by atoms with Crippen LogP contribution in [0, 0.1) is 0 Å². The molecular formula is C17H18Cl2N4. The van der Waals surface area contributed by atoms with Crippen LogP contribution in [0.5, 0.6) is 0 Å². The molecule has 120 valence electrons. The average molecular weight is 349 g/mol. The molecule has 0 fully saturated rings. The maximum Gasteiger partial charge on any atom is 0.122 e. The van der Waals surface area contributed by atoms with Crippen molar-refractivity contribution in [2.24, 2.45) is 10.2 Å². The van der Waals surface area contributed by atoms with Gasteiger partial charge in [0.1, 0.15) is 6.67 Å². The Labute approximate surface area is 146 Å². The minimum atomic E-state index is 0.530. The van der Waals surface area contributed by atoms with E-state index in [-0.39, 0.29) is 0 Å². The standard InChI is InChI=1S/C17H18Cl2N4/c1-22(20-11-14-7-3-5-9-16(14)18)13-23(2)21-12-15-8-4-6-10-17(15)19/h3-12H,13H2,1-2H3/b20-11-,21-12+. The van der Waals surface area contributed by atoms with Crippen LogP contribution in [-0.4, -0.2) is 43.2 Å². The molecule has 0 atom stereocenters. The topological polar surface area (TPSA) is 31.2 Å². The van der Waals surface area contributed by atoms with Crippen LogP contribution in [0.15, 0.2) is 58.7 Å². The summed E-state index contributed by atoms with van der Waals surface area (Å²) in [4.78, 5) is 0. The summed E-state index contributed by atoms with van der Waals surface area (Å²) in [6.07, 6.45) is 3.46. The molecule has 0 aromatic heterocycles. The van der Waals surface area contributed by atoms with Gasteiger partial charge in [0, 0.05) is 35.3 Å². The lowest BCUT2D eigenvalue weighted by Crippen LogP contribution is -2.26. The van der Waals surface area contributed by atoms with Crippen LogP contribution in [-0.2, 0) is 0 Å². The van der Waals surface area contributed by atoms with Crippen molar-refractivity contribution < 1.29 is 0 Å². The van der Waals surface area contributed by atoms with E-state index in [0.29, 0.717) is 16.7 Å². The van der Waals surface area contributed by atoms with E-state index in [9.17, 15) is 0 Å². The first-order valence-corrected chi connectivity index (χ1v) is 7.81. The molecule has 0 saturated carbocycles. The van der Waals surface area contributed by atoms with E-state index in [1.165, 1.54) is 0 Å². The highest BCUT2D eigenvalue weighted by Crippen LogP contribution is 2.13. The Morgan fingerprint density at radius 2 is 1.17 bits per heavy atom. The summed E-state index contributed by atoms with van der Waals surface area (Å²) >= 11 is 12.2. The summed E-state index contributed by atoms with van der Waals surface area (Å²) in [6.45, 7) is 0.530. The molecular weight excluding hydrogens is 331 g/mol. The molecule has 0 radical (unpaired) electrons. The van der Waals surface area contributed by atoms with Crippen molar-refractivity contribution in [1.29, 1.82) is 0 Å². The highest BCUT2D eigenvalue weighted by Gasteiger charge is 2.00. The van der Waals surface area contributed by atoms with Gasteiger partial charge < -0.3 is 0 Å². The smallest absolute Gasteiger partial charge is 0.122 e. The van der Waals surface area contributed by atoms with Gasteiger partial charge in [0.05, 0.1) is 12.4 Å². The second-order valence-corrected chi connectivity index (χ2v) is 5.80. The number of halogens is 2. The highest BCUT2D eigenvalue weighted by atomic mass is 35.5. The fourth-order valence-electron chi connectivity index (χ4n) is 1.85. The van der Waals surface area contributed by atoms with Crippen molar-refractivity contribution in [2.45, 2.75) is 0 Å². The minimum Gasteiger partial charge on any atom is -0.279 e. The van der Waals surface area contributed by atoms with E-state index in [2.05, 4.69) is 10.2 Å². The Morgan fingerprint density at radius 1 is 0.783 bits per heavy atom. The zero-order chi connectivity index (χ0) is 16.7. The molecule has 0 saturated heterocycles. The van der Waals surface area contributed by atoms with Gasteiger partial charge in [0.15, 0.2) is 0 Å². The second kappa shape index (κ2) is 8.56. The third-order valence-corrected chi connectivity index (χ3v) is 3.70. The molecule has 2 aromatic carbocycles. The van der Waals surface area contributed by atoms with Crippen LogP contribution < -0.4 is 0 Å². The maximum atomic E-state index is 6.09. The number of benzene rings is 2. The number of hydrazone groups is 2. The molecule has 0 amide bonds. The van der Waals surface area contributed by atoms with E-state index in [1.54, 1.807) is 22.4 Å². The molecule has 0 spiro atoms. The Balaban J connectivity index is 1.91. The third kappa shape index (κ3) is 5.58. The van der Waals surface area contributed by atoms with Crippen LogP contribution in [0.3, 0.4) is 0 Å². The van der Waals surface area contributed by atoms with Crippen LogP contribution in [0.2, 0.25) is 10.0 Å². The Hall–Kier alpha value is -2.04.